The Morgan fingerprint density at radius 1 is 1.40 bits per heavy atom. The first-order valence-electron chi connectivity index (χ1n) is 5.70. The highest BCUT2D eigenvalue weighted by Crippen LogP contribution is 2.25. The van der Waals surface area contributed by atoms with Crippen molar-refractivity contribution >= 4 is 0 Å². The lowest BCUT2D eigenvalue weighted by atomic mass is 9.81. The summed E-state index contributed by atoms with van der Waals surface area (Å²) in [4.78, 5) is 0. The second-order valence-electron chi connectivity index (χ2n) is 4.95. The van der Waals surface area contributed by atoms with Crippen LogP contribution in [0.1, 0.15) is 53.9 Å². The van der Waals surface area contributed by atoms with Crippen molar-refractivity contribution in [3.05, 3.63) is 0 Å². The highest BCUT2D eigenvalue weighted by molar-refractivity contribution is 5.10. The van der Waals surface area contributed by atoms with Gasteiger partial charge >= 0.3 is 0 Å². The molecule has 3 N–H and O–H groups in total. The average molecular weight is 211 g/mol. The highest BCUT2D eigenvalue weighted by atomic mass is 16.3. The second kappa shape index (κ2) is 5.53. The molecule has 0 saturated heterocycles. The topological polar surface area (TPSA) is 46.2 Å². The highest BCUT2D eigenvalue weighted by Gasteiger charge is 2.26. The Hall–Kier alpha value is -0.520. The third-order valence-electron chi connectivity index (χ3n) is 3.35. The molecule has 0 bridgehead atoms. The van der Waals surface area contributed by atoms with E-state index in [1.54, 1.807) is 13.8 Å². The lowest BCUT2D eigenvalue weighted by Crippen LogP contribution is -2.42. The van der Waals surface area contributed by atoms with Gasteiger partial charge in [0, 0.05) is 5.54 Å². The zero-order valence-corrected chi connectivity index (χ0v) is 10.7. The minimum Gasteiger partial charge on any atom is -0.378 e. The second-order valence-corrected chi connectivity index (χ2v) is 4.95. The molecule has 3 atom stereocenters. The summed E-state index contributed by atoms with van der Waals surface area (Å²) in [6.07, 6.45) is 2.54. The Morgan fingerprint density at radius 3 is 2.33 bits per heavy atom. The van der Waals surface area contributed by atoms with Crippen molar-refractivity contribution in [3.63, 3.8) is 0 Å². The fourth-order valence-corrected chi connectivity index (χ4v) is 1.51. The largest absolute Gasteiger partial charge is 0.378 e. The van der Waals surface area contributed by atoms with Crippen LogP contribution >= 0.6 is 0 Å². The smallest absolute Gasteiger partial charge is 0.122 e. The Bertz CT molecular complexity index is 245. The third kappa shape index (κ3) is 5.20. The van der Waals surface area contributed by atoms with E-state index in [9.17, 15) is 5.11 Å². The fourth-order valence-electron chi connectivity index (χ4n) is 1.51. The average Bonchev–Trinajstić information content (AvgIpc) is 2.14. The first-order chi connectivity index (χ1) is 6.75. The summed E-state index contributed by atoms with van der Waals surface area (Å²) in [5.41, 5.74) is 5.13. The molecule has 0 aliphatic carbocycles. The molecule has 0 aliphatic heterocycles. The van der Waals surface area contributed by atoms with E-state index in [0.717, 1.165) is 12.8 Å². The summed E-state index contributed by atoms with van der Waals surface area (Å²) in [6, 6.07) is 0. The summed E-state index contributed by atoms with van der Waals surface area (Å²) >= 11 is 0. The van der Waals surface area contributed by atoms with Gasteiger partial charge in [-0.2, -0.15) is 0 Å². The summed E-state index contributed by atoms with van der Waals surface area (Å²) in [6.45, 7) is 9.81. The molecule has 0 rings (SSSR count). The van der Waals surface area contributed by atoms with E-state index in [0.29, 0.717) is 12.3 Å². The maximum absolute atomic E-state index is 9.89. The molecule has 88 valence electrons. The zero-order valence-electron chi connectivity index (χ0n) is 10.7. The normalized spacial score (nSPS) is 20.7. The Balaban J connectivity index is 4.21. The molecule has 2 heteroatoms. The molecule has 0 fully saturated rings. The Morgan fingerprint density at radius 2 is 1.93 bits per heavy atom. The Kier molecular flexibility index (Phi) is 5.34. The molecule has 3 unspecified atom stereocenters. The van der Waals surface area contributed by atoms with Crippen molar-refractivity contribution in [3.8, 4) is 11.8 Å². The van der Waals surface area contributed by atoms with Crippen LogP contribution in [0.2, 0.25) is 0 Å². The molecular formula is C13H25NO. The van der Waals surface area contributed by atoms with Crippen LogP contribution in [0.4, 0.5) is 0 Å². The van der Waals surface area contributed by atoms with E-state index >= 15 is 0 Å². The van der Waals surface area contributed by atoms with Gasteiger partial charge in [0.1, 0.15) is 5.60 Å². The fraction of sp³-hybridized carbons (Fsp3) is 0.846. The van der Waals surface area contributed by atoms with Gasteiger partial charge in [-0.05, 0) is 46.0 Å². The maximum atomic E-state index is 9.89. The van der Waals surface area contributed by atoms with E-state index in [2.05, 4.69) is 32.6 Å². The minimum atomic E-state index is -0.868. The van der Waals surface area contributed by atoms with E-state index < -0.39 is 5.60 Å². The molecule has 2 nitrogen and oxygen atoms in total. The lowest BCUT2D eigenvalue weighted by molar-refractivity contribution is 0.0980. The molecule has 0 aromatic rings. The number of hydrogen-bond acceptors (Lipinski definition) is 2. The Labute approximate surface area is 94.3 Å². The first-order valence-corrected chi connectivity index (χ1v) is 5.70. The third-order valence-corrected chi connectivity index (χ3v) is 3.35. The van der Waals surface area contributed by atoms with Crippen LogP contribution in [0.15, 0.2) is 0 Å². The predicted octanol–water partition coefficient (Wildman–Crippen LogP) is 2.30. The number of aliphatic hydroxyl groups is 1. The quantitative estimate of drug-likeness (QED) is 0.685. The van der Waals surface area contributed by atoms with Crippen molar-refractivity contribution < 1.29 is 5.11 Å². The number of hydrogen-bond donors (Lipinski definition) is 2. The van der Waals surface area contributed by atoms with Gasteiger partial charge in [-0.25, -0.2) is 0 Å². The van der Waals surface area contributed by atoms with Crippen LogP contribution in [0.5, 0.6) is 0 Å². The lowest BCUT2D eigenvalue weighted by Gasteiger charge is -2.32. The van der Waals surface area contributed by atoms with Gasteiger partial charge in [0.2, 0.25) is 0 Å². The molecule has 0 radical (unpaired) electrons. The van der Waals surface area contributed by atoms with E-state index in [1.807, 2.05) is 0 Å². The summed E-state index contributed by atoms with van der Waals surface area (Å²) in [5.74, 6) is 5.96. The molecule has 0 spiro atoms. The van der Waals surface area contributed by atoms with Crippen LogP contribution in [0.3, 0.4) is 0 Å². The zero-order chi connectivity index (χ0) is 12.1. The SMILES string of the molecule is CC#CC(C)(O)CCC(C)C(C)(N)CC. The van der Waals surface area contributed by atoms with Crippen molar-refractivity contribution in [2.75, 3.05) is 0 Å². The molecule has 0 aromatic carbocycles. The molecule has 0 aliphatic rings. The van der Waals surface area contributed by atoms with E-state index in [1.165, 1.54) is 0 Å². The van der Waals surface area contributed by atoms with E-state index in [-0.39, 0.29) is 5.54 Å². The molecular weight excluding hydrogens is 186 g/mol. The van der Waals surface area contributed by atoms with Crippen LogP contribution < -0.4 is 5.73 Å². The molecule has 0 heterocycles. The van der Waals surface area contributed by atoms with Gasteiger partial charge in [-0.15, -0.1) is 5.92 Å². The van der Waals surface area contributed by atoms with Gasteiger partial charge in [-0.3, -0.25) is 0 Å². The summed E-state index contributed by atoms with van der Waals surface area (Å²) < 4.78 is 0. The molecule has 0 amide bonds. The molecule has 15 heavy (non-hydrogen) atoms. The van der Waals surface area contributed by atoms with Gasteiger partial charge in [0.05, 0.1) is 0 Å². The maximum Gasteiger partial charge on any atom is 0.122 e. The standard InChI is InChI=1S/C13H25NO/c1-6-9-12(4,15)10-8-11(3)13(5,14)7-2/h11,15H,7-8,10,14H2,1-5H3. The number of rotatable bonds is 5. The van der Waals surface area contributed by atoms with Crippen molar-refractivity contribution in [1.29, 1.82) is 0 Å². The first kappa shape index (κ1) is 14.5. The molecule has 0 aromatic heterocycles. The van der Waals surface area contributed by atoms with Gasteiger partial charge in [0.15, 0.2) is 0 Å². The minimum absolute atomic E-state index is 0.143. The van der Waals surface area contributed by atoms with Gasteiger partial charge < -0.3 is 10.8 Å². The van der Waals surface area contributed by atoms with Crippen LogP contribution in [-0.2, 0) is 0 Å². The summed E-state index contributed by atoms with van der Waals surface area (Å²) in [5, 5.41) is 9.89. The molecule has 0 saturated carbocycles. The van der Waals surface area contributed by atoms with Gasteiger partial charge in [-0.1, -0.05) is 19.8 Å². The van der Waals surface area contributed by atoms with Crippen molar-refractivity contribution in [2.45, 2.75) is 65.0 Å². The number of nitrogens with two attached hydrogens (primary N) is 1. The van der Waals surface area contributed by atoms with Gasteiger partial charge in [0.25, 0.3) is 0 Å². The van der Waals surface area contributed by atoms with Crippen molar-refractivity contribution in [2.24, 2.45) is 11.7 Å². The van der Waals surface area contributed by atoms with Crippen molar-refractivity contribution in [1.82, 2.24) is 0 Å². The monoisotopic (exact) mass is 211 g/mol. The summed E-state index contributed by atoms with van der Waals surface area (Å²) in [7, 11) is 0. The van der Waals surface area contributed by atoms with Crippen LogP contribution in [0.25, 0.3) is 0 Å². The predicted molar refractivity (Wildman–Crippen MR) is 65.4 cm³/mol. The van der Waals surface area contributed by atoms with E-state index in [4.69, 9.17) is 5.73 Å². The van der Waals surface area contributed by atoms with Crippen LogP contribution in [-0.4, -0.2) is 16.2 Å². The van der Waals surface area contributed by atoms with Crippen LogP contribution in [0, 0.1) is 17.8 Å².